The highest BCUT2D eigenvalue weighted by molar-refractivity contribution is 5.82. The minimum atomic E-state index is -0.218. The van der Waals surface area contributed by atoms with Crippen LogP contribution in [0.25, 0.3) is 16.9 Å². The van der Waals surface area contributed by atoms with Crippen LogP contribution in [0.1, 0.15) is 53.5 Å². The Bertz CT molecular complexity index is 1470. The Morgan fingerprint density at radius 1 is 1.10 bits per heavy atom. The lowest BCUT2D eigenvalue weighted by Gasteiger charge is -2.20. The van der Waals surface area contributed by atoms with Crippen LogP contribution in [0.5, 0.6) is 0 Å². The van der Waals surface area contributed by atoms with Gasteiger partial charge in [-0.15, -0.1) is 0 Å². The molecule has 1 aliphatic heterocycles. The molecule has 1 saturated heterocycles. The van der Waals surface area contributed by atoms with Crippen molar-refractivity contribution < 1.29 is 13.9 Å². The molecule has 2 aromatic carbocycles. The van der Waals surface area contributed by atoms with Crippen LogP contribution >= 0.6 is 0 Å². The summed E-state index contributed by atoms with van der Waals surface area (Å²) < 4.78 is 21.2. The van der Waals surface area contributed by atoms with Gasteiger partial charge >= 0.3 is 0 Å². The van der Waals surface area contributed by atoms with Crippen LogP contribution in [0.3, 0.4) is 0 Å². The number of para-hydroxylation sites is 1. The molecule has 0 unspecified atom stereocenters. The molecule has 7 nitrogen and oxygen atoms in total. The summed E-state index contributed by atoms with van der Waals surface area (Å²) in [5.41, 5.74) is 5.92. The van der Waals surface area contributed by atoms with E-state index in [2.05, 4.69) is 15.3 Å². The first-order valence-electron chi connectivity index (χ1n) is 13.8. The topological polar surface area (TPSA) is 81.9 Å². The van der Waals surface area contributed by atoms with Gasteiger partial charge in [-0.25, -0.2) is 19.0 Å². The van der Waals surface area contributed by atoms with Gasteiger partial charge in [0.25, 0.3) is 0 Å². The van der Waals surface area contributed by atoms with Gasteiger partial charge < -0.3 is 10.1 Å². The summed E-state index contributed by atoms with van der Waals surface area (Å²) >= 11 is 0. The predicted octanol–water partition coefficient (Wildman–Crippen LogP) is 5.65. The van der Waals surface area contributed by atoms with Crippen molar-refractivity contribution in [1.29, 1.82) is 0 Å². The van der Waals surface area contributed by atoms with E-state index in [0.29, 0.717) is 24.4 Å². The molecule has 1 fully saturated rings. The molecule has 2 aromatic heterocycles. The van der Waals surface area contributed by atoms with E-state index in [1.165, 1.54) is 6.07 Å². The van der Waals surface area contributed by atoms with Crippen molar-refractivity contribution in [3.05, 3.63) is 95.0 Å². The van der Waals surface area contributed by atoms with Crippen LogP contribution in [0, 0.1) is 32.5 Å². The van der Waals surface area contributed by atoms with E-state index in [-0.39, 0.29) is 36.0 Å². The fraction of sp³-hybridized carbons (Fsp3) is 0.375. The number of hydrogen-bond acceptors (Lipinski definition) is 6. The van der Waals surface area contributed by atoms with E-state index in [0.717, 1.165) is 46.6 Å². The molecular formula is C32H36FN5O2. The van der Waals surface area contributed by atoms with Gasteiger partial charge in [-0.05, 0) is 74.4 Å². The smallest absolute Gasteiger partial charge is 0.139 e. The summed E-state index contributed by atoms with van der Waals surface area (Å²) in [5.74, 6) is 0.719. The second kappa shape index (κ2) is 12.2. The minimum absolute atomic E-state index is 0.0227. The molecule has 3 heterocycles. The summed E-state index contributed by atoms with van der Waals surface area (Å²) in [7, 11) is 1.70. The average molecular weight is 542 g/mol. The second-order valence-electron chi connectivity index (χ2n) is 10.7. The quantitative estimate of drug-likeness (QED) is 0.279. The lowest BCUT2D eigenvalue weighted by atomic mass is 9.87. The number of aromatic nitrogens is 4. The summed E-state index contributed by atoms with van der Waals surface area (Å²) in [6.07, 6.45) is 5.95. The number of nitrogens with zero attached hydrogens (tertiary/aromatic N) is 4. The number of carbonyl (C=O) groups excluding carboxylic acids is 1. The van der Waals surface area contributed by atoms with Crippen molar-refractivity contribution in [2.45, 2.75) is 58.5 Å². The summed E-state index contributed by atoms with van der Waals surface area (Å²) in [6, 6.07) is 15.3. The van der Waals surface area contributed by atoms with Gasteiger partial charge in [0.1, 0.15) is 17.4 Å². The Kier molecular flexibility index (Phi) is 8.47. The van der Waals surface area contributed by atoms with E-state index in [4.69, 9.17) is 9.84 Å². The molecule has 0 bridgehead atoms. The number of halogens is 1. The first kappa shape index (κ1) is 27.8. The summed E-state index contributed by atoms with van der Waals surface area (Å²) in [6.45, 7) is 6.28. The van der Waals surface area contributed by atoms with E-state index < -0.39 is 0 Å². The standard InChI is InChI=1S/C32H36FN5O2/c1-20-14-23(10-11-29(20)33)32-24(15-26(36-32)12-13-40-4)16-28(39)17-30-21(2)31(25-18-34-22(3)35-19-25)37-38(30)27-8-6-5-7-9-27/h5-11,14,18-19,24,26,32,36H,12-13,15-17H2,1-4H3/t24-,26+,32-/m0/s1. The zero-order valence-electron chi connectivity index (χ0n) is 23.5. The Labute approximate surface area is 234 Å². The van der Waals surface area contributed by atoms with E-state index >= 15 is 0 Å². The van der Waals surface area contributed by atoms with Crippen molar-refractivity contribution in [1.82, 2.24) is 25.1 Å². The molecule has 0 radical (unpaired) electrons. The molecule has 1 N–H and O–H groups in total. The Morgan fingerprint density at radius 2 is 1.85 bits per heavy atom. The Morgan fingerprint density at radius 3 is 2.55 bits per heavy atom. The normalized spacial score (nSPS) is 18.8. The maximum absolute atomic E-state index is 14.0. The van der Waals surface area contributed by atoms with Crippen LogP contribution in [0.2, 0.25) is 0 Å². The SMILES string of the molecule is COCC[C@@H]1C[C@@H](CC(=O)Cc2c(C)c(-c3cnc(C)nc3)nn2-c2ccccc2)[C@H](c2ccc(F)c(C)c2)N1. The number of ether oxygens (including phenoxy) is 1. The summed E-state index contributed by atoms with van der Waals surface area (Å²) in [5, 5.41) is 8.61. The van der Waals surface area contributed by atoms with E-state index in [1.54, 1.807) is 26.4 Å². The highest BCUT2D eigenvalue weighted by Gasteiger charge is 2.36. The van der Waals surface area contributed by atoms with Gasteiger partial charge in [-0.3, -0.25) is 4.79 Å². The molecule has 0 saturated carbocycles. The number of Topliss-reactive ketones (excluding diaryl/α,β-unsaturated/α-hetero) is 1. The fourth-order valence-corrected chi connectivity index (χ4v) is 5.71. The maximum Gasteiger partial charge on any atom is 0.139 e. The van der Waals surface area contributed by atoms with Crippen molar-refractivity contribution in [2.24, 2.45) is 5.92 Å². The molecule has 4 aromatic rings. The number of aryl methyl sites for hydroxylation is 2. The number of hydrogen-bond donors (Lipinski definition) is 1. The van der Waals surface area contributed by atoms with Crippen molar-refractivity contribution in [3.8, 4) is 16.9 Å². The van der Waals surface area contributed by atoms with Crippen molar-refractivity contribution in [2.75, 3.05) is 13.7 Å². The number of carbonyl (C=O) groups is 1. The van der Waals surface area contributed by atoms with Crippen LogP contribution in [-0.2, 0) is 16.0 Å². The predicted molar refractivity (Wildman–Crippen MR) is 153 cm³/mol. The van der Waals surface area contributed by atoms with Gasteiger partial charge in [-0.1, -0.05) is 30.3 Å². The lowest BCUT2D eigenvalue weighted by Crippen LogP contribution is -2.26. The van der Waals surface area contributed by atoms with Crippen molar-refractivity contribution >= 4 is 5.78 Å². The Hall–Kier alpha value is -3.75. The molecule has 8 heteroatoms. The van der Waals surface area contributed by atoms with E-state index in [1.807, 2.05) is 61.0 Å². The Balaban J connectivity index is 1.42. The molecule has 40 heavy (non-hydrogen) atoms. The van der Waals surface area contributed by atoms with Gasteiger partial charge in [0.15, 0.2) is 0 Å². The van der Waals surface area contributed by atoms with Crippen molar-refractivity contribution in [3.63, 3.8) is 0 Å². The van der Waals surface area contributed by atoms with Crippen LogP contribution in [-0.4, -0.2) is 45.3 Å². The molecule has 208 valence electrons. The third kappa shape index (κ3) is 6.03. The lowest BCUT2D eigenvalue weighted by molar-refractivity contribution is -0.119. The highest BCUT2D eigenvalue weighted by atomic mass is 19.1. The number of methoxy groups -OCH3 is 1. The average Bonchev–Trinajstić information content (AvgIpc) is 3.50. The van der Waals surface area contributed by atoms with Gasteiger partial charge in [-0.2, -0.15) is 5.10 Å². The third-order valence-corrected chi connectivity index (χ3v) is 7.84. The van der Waals surface area contributed by atoms with E-state index in [9.17, 15) is 9.18 Å². The molecule has 0 spiro atoms. The van der Waals surface area contributed by atoms with Gasteiger partial charge in [0, 0.05) is 56.6 Å². The number of nitrogens with one attached hydrogen (secondary N) is 1. The third-order valence-electron chi connectivity index (χ3n) is 7.84. The van der Waals surface area contributed by atoms with Gasteiger partial charge in [0.05, 0.1) is 17.1 Å². The number of benzene rings is 2. The molecule has 0 aliphatic carbocycles. The van der Waals surface area contributed by atoms with Crippen LogP contribution in [0.4, 0.5) is 4.39 Å². The zero-order chi connectivity index (χ0) is 28.2. The molecule has 1 aliphatic rings. The number of rotatable bonds is 10. The van der Waals surface area contributed by atoms with Gasteiger partial charge in [0.2, 0.25) is 0 Å². The fourth-order valence-electron chi connectivity index (χ4n) is 5.71. The van der Waals surface area contributed by atoms with Crippen LogP contribution in [0.15, 0.2) is 60.9 Å². The highest BCUT2D eigenvalue weighted by Crippen LogP contribution is 2.37. The first-order chi connectivity index (χ1) is 19.3. The molecule has 5 rings (SSSR count). The molecule has 0 amide bonds. The minimum Gasteiger partial charge on any atom is -0.385 e. The molecule has 3 atom stereocenters. The second-order valence-corrected chi connectivity index (χ2v) is 10.7. The van der Waals surface area contributed by atoms with Crippen LogP contribution < -0.4 is 5.32 Å². The largest absolute Gasteiger partial charge is 0.385 e. The summed E-state index contributed by atoms with van der Waals surface area (Å²) in [4.78, 5) is 22.4. The number of ketones is 1. The maximum atomic E-state index is 14.0. The molecular weight excluding hydrogens is 505 g/mol. The zero-order valence-corrected chi connectivity index (χ0v) is 23.5. The monoisotopic (exact) mass is 541 g/mol. The first-order valence-corrected chi connectivity index (χ1v) is 13.8.